The SMILES string of the molecule is O=C(N[C@H](CO)Cc1ccc(O)cc1)c1ccc(F)c(F)c1. The number of phenolic OH excluding ortho intramolecular Hbond substituents is 1. The van der Waals surface area contributed by atoms with Gasteiger partial charge in [-0.25, -0.2) is 8.78 Å². The van der Waals surface area contributed by atoms with Crippen molar-refractivity contribution in [2.24, 2.45) is 0 Å². The summed E-state index contributed by atoms with van der Waals surface area (Å²) in [4.78, 5) is 12.0. The summed E-state index contributed by atoms with van der Waals surface area (Å²) in [5.41, 5.74) is 0.783. The molecule has 0 saturated heterocycles. The molecule has 0 unspecified atom stereocenters. The lowest BCUT2D eigenvalue weighted by Gasteiger charge is -2.16. The lowest BCUT2D eigenvalue weighted by molar-refractivity contribution is 0.0916. The van der Waals surface area contributed by atoms with Crippen LogP contribution in [0.5, 0.6) is 5.75 Å². The molecule has 0 aliphatic carbocycles. The van der Waals surface area contributed by atoms with Crippen molar-refractivity contribution in [1.29, 1.82) is 0 Å². The van der Waals surface area contributed by atoms with Crippen molar-refractivity contribution in [3.8, 4) is 5.75 Å². The number of nitrogens with one attached hydrogen (secondary N) is 1. The van der Waals surface area contributed by atoms with Crippen LogP contribution >= 0.6 is 0 Å². The Hall–Kier alpha value is -2.47. The first-order valence-electron chi connectivity index (χ1n) is 6.64. The second-order valence-electron chi connectivity index (χ2n) is 4.85. The molecule has 22 heavy (non-hydrogen) atoms. The first kappa shape index (κ1) is 15.9. The first-order chi connectivity index (χ1) is 10.5. The minimum absolute atomic E-state index is 0.0249. The highest BCUT2D eigenvalue weighted by Gasteiger charge is 2.15. The number of aliphatic hydroxyl groups excluding tert-OH is 1. The van der Waals surface area contributed by atoms with Crippen LogP contribution in [0.15, 0.2) is 42.5 Å². The van der Waals surface area contributed by atoms with E-state index in [9.17, 15) is 23.8 Å². The standard InChI is InChI=1S/C16H15F2NO3/c17-14-6-3-11(8-15(14)18)16(22)19-12(9-20)7-10-1-4-13(21)5-2-10/h1-6,8,12,20-21H,7,9H2,(H,19,22)/t12-/m0/s1. The van der Waals surface area contributed by atoms with Crippen molar-refractivity contribution in [3.05, 3.63) is 65.2 Å². The number of rotatable bonds is 5. The summed E-state index contributed by atoms with van der Waals surface area (Å²) in [6.07, 6.45) is 0.339. The van der Waals surface area contributed by atoms with Crippen LogP contribution in [0.1, 0.15) is 15.9 Å². The molecular weight excluding hydrogens is 292 g/mol. The number of aliphatic hydroxyl groups is 1. The summed E-state index contributed by atoms with van der Waals surface area (Å²) in [6, 6.07) is 8.61. The fourth-order valence-corrected chi connectivity index (χ4v) is 1.98. The molecule has 0 spiro atoms. The molecular formula is C16H15F2NO3. The van der Waals surface area contributed by atoms with E-state index in [-0.39, 0.29) is 17.9 Å². The van der Waals surface area contributed by atoms with Gasteiger partial charge in [-0.1, -0.05) is 12.1 Å². The molecule has 0 fully saturated rings. The molecule has 2 rings (SSSR count). The van der Waals surface area contributed by atoms with Gasteiger partial charge in [0.15, 0.2) is 11.6 Å². The molecule has 116 valence electrons. The Morgan fingerprint density at radius 1 is 1.09 bits per heavy atom. The van der Waals surface area contributed by atoms with Gasteiger partial charge >= 0.3 is 0 Å². The van der Waals surface area contributed by atoms with E-state index in [0.717, 1.165) is 17.7 Å². The molecule has 0 saturated carbocycles. The second kappa shape index (κ2) is 7.00. The van der Waals surface area contributed by atoms with Crippen LogP contribution in [0.4, 0.5) is 8.78 Å². The van der Waals surface area contributed by atoms with Crippen molar-refractivity contribution < 1.29 is 23.8 Å². The Labute approximate surface area is 126 Å². The average molecular weight is 307 g/mol. The Bertz CT molecular complexity index is 659. The number of carbonyl (C=O) groups is 1. The Kier molecular flexibility index (Phi) is 5.06. The second-order valence-corrected chi connectivity index (χ2v) is 4.85. The number of aromatic hydroxyl groups is 1. The maximum absolute atomic E-state index is 13.1. The van der Waals surface area contributed by atoms with E-state index in [4.69, 9.17) is 0 Å². The molecule has 0 bridgehead atoms. The van der Waals surface area contributed by atoms with Gasteiger partial charge in [0.1, 0.15) is 5.75 Å². The summed E-state index contributed by atoms with van der Waals surface area (Å²) >= 11 is 0. The van der Waals surface area contributed by atoms with Gasteiger partial charge in [-0.05, 0) is 42.3 Å². The van der Waals surface area contributed by atoms with Gasteiger partial charge in [0, 0.05) is 5.56 Å². The minimum atomic E-state index is -1.10. The zero-order valence-electron chi connectivity index (χ0n) is 11.6. The summed E-state index contributed by atoms with van der Waals surface area (Å²) in [6.45, 7) is -0.309. The summed E-state index contributed by atoms with van der Waals surface area (Å²) < 4.78 is 26.0. The maximum atomic E-state index is 13.1. The third-order valence-electron chi connectivity index (χ3n) is 3.16. The van der Waals surface area contributed by atoms with E-state index >= 15 is 0 Å². The van der Waals surface area contributed by atoms with Crippen molar-refractivity contribution in [2.75, 3.05) is 6.61 Å². The van der Waals surface area contributed by atoms with E-state index in [1.807, 2.05) is 0 Å². The molecule has 0 aliphatic heterocycles. The van der Waals surface area contributed by atoms with Crippen LogP contribution in [0, 0.1) is 11.6 Å². The summed E-state index contributed by atoms with van der Waals surface area (Å²) in [5.74, 6) is -2.61. The van der Waals surface area contributed by atoms with Crippen molar-refractivity contribution in [1.82, 2.24) is 5.32 Å². The highest BCUT2D eigenvalue weighted by molar-refractivity contribution is 5.94. The lowest BCUT2D eigenvalue weighted by Crippen LogP contribution is -2.39. The summed E-state index contributed by atoms with van der Waals surface area (Å²) in [7, 11) is 0. The van der Waals surface area contributed by atoms with E-state index in [2.05, 4.69) is 5.32 Å². The molecule has 4 nitrogen and oxygen atoms in total. The van der Waals surface area contributed by atoms with Crippen LogP contribution < -0.4 is 5.32 Å². The Morgan fingerprint density at radius 3 is 2.36 bits per heavy atom. The molecule has 3 N–H and O–H groups in total. The number of benzene rings is 2. The molecule has 0 heterocycles. The van der Waals surface area contributed by atoms with Crippen LogP contribution in [0.2, 0.25) is 0 Å². The van der Waals surface area contributed by atoms with Crippen molar-refractivity contribution in [2.45, 2.75) is 12.5 Å². The van der Waals surface area contributed by atoms with E-state index in [1.165, 1.54) is 18.2 Å². The number of hydrogen-bond donors (Lipinski definition) is 3. The normalized spacial score (nSPS) is 12.0. The van der Waals surface area contributed by atoms with E-state index in [1.54, 1.807) is 12.1 Å². The van der Waals surface area contributed by atoms with Crippen molar-refractivity contribution >= 4 is 5.91 Å². The predicted octanol–water partition coefficient (Wildman–Crippen LogP) is 2.00. The molecule has 0 aliphatic rings. The maximum Gasteiger partial charge on any atom is 0.251 e. The molecule has 2 aromatic carbocycles. The third kappa shape index (κ3) is 4.02. The Balaban J connectivity index is 2.04. The van der Waals surface area contributed by atoms with E-state index < -0.39 is 23.6 Å². The zero-order chi connectivity index (χ0) is 16.1. The number of halogens is 2. The van der Waals surface area contributed by atoms with Gasteiger partial charge in [-0.3, -0.25) is 4.79 Å². The van der Waals surface area contributed by atoms with Crippen LogP contribution in [-0.2, 0) is 6.42 Å². The first-order valence-corrected chi connectivity index (χ1v) is 6.64. The monoisotopic (exact) mass is 307 g/mol. The fourth-order valence-electron chi connectivity index (χ4n) is 1.98. The lowest BCUT2D eigenvalue weighted by atomic mass is 10.1. The largest absolute Gasteiger partial charge is 0.508 e. The number of carbonyl (C=O) groups excluding carboxylic acids is 1. The zero-order valence-corrected chi connectivity index (χ0v) is 11.6. The topological polar surface area (TPSA) is 69.6 Å². The molecule has 0 aromatic heterocycles. The highest BCUT2D eigenvalue weighted by atomic mass is 19.2. The molecule has 6 heteroatoms. The number of hydrogen-bond acceptors (Lipinski definition) is 3. The summed E-state index contributed by atoms with van der Waals surface area (Å²) in [5, 5.41) is 21.1. The van der Waals surface area contributed by atoms with Gasteiger partial charge in [-0.15, -0.1) is 0 Å². The van der Waals surface area contributed by atoms with Gasteiger partial charge < -0.3 is 15.5 Å². The molecule has 2 aromatic rings. The van der Waals surface area contributed by atoms with Gasteiger partial charge in [0.25, 0.3) is 5.91 Å². The molecule has 0 radical (unpaired) electrons. The molecule has 1 amide bonds. The van der Waals surface area contributed by atoms with Crippen LogP contribution in [0.3, 0.4) is 0 Å². The minimum Gasteiger partial charge on any atom is -0.508 e. The van der Waals surface area contributed by atoms with Crippen LogP contribution in [0.25, 0.3) is 0 Å². The predicted molar refractivity (Wildman–Crippen MR) is 76.5 cm³/mol. The average Bonchev–Trinajstić information content (AvgIpc) is 2.51. The number of phenols is 1. The van der Waals surface area contributed by atoms with Crippen molar-refractivity contribution in [3.63, 3.8) is 0 Å². The van der Waals surface area contributed by atoms with E-state index in [0.29, 0.717) is 6.42 Å². The quantitative estimate of drug-likeness (QED) is 0.791. The van der Waals surface area contributed by atoms with Crippen LogP contribution in [-0.4, -0.2) is 28.8 Å². The molecule has 1 atom stereocenters. The highest BCUT2D eigenvalue weighted by Crippen LogP contribution is 2.12. The van der Waals surface area contributed by atoms with Gasteiger partial charge in [0.2, 0.25) is 0 Å². The Morgan fingerprint density at radius 2 is 1.77 bits per heavy atom. The fraction of sp³-hybridized carbons (Fsp3) is 0.188. The van der Waals surface area contributed by atoms with Gasteiger partial charge in [0.05, 0.1) is 12.6 Å². The number of amides is 1. The smallest absolute Gasteiger partial charge is 0.251 e. The van der Waals surface area contributed by atoms with Gasteiger partial charge in [-0.2, -0.15) is 0 Å². The third-order valence-corrected chi connectivity index (χ3v) is 3.16.